The Labute approximate surface area is 191 Å². The maximum Gasteiger partial charge on any atom is 0.305 e. The maximum absolute atomic E-state index is 12.3. The highest BCUT2D eigenvalue weighted by molar-refractivity contribution is 7.99. The molecule has 174 valence electrons. The molecular weight excluding hydrogens is 410 g/mol. The van der Waals surface area contributed by atoms with Gasteiger partial charge in [-0.3, -0.25) is 9.59 Å². The Balaban J connectivity index is 1.62. The highest BCUT2D eigenvalue weighted by atomic mass is 32.2. The zero-order valence-corrected chi connectivity index (χ0v) is 19.9. The molecule has 5 nitrogen and oxygen atoms in total. The third kappa shape index (κ3) is 9.65. The number of hydrogen-bond acceptors (Lipinski definition) is 5. The van der Waals surface area contributed by atoms with Gasteiger partial charge in [-0.2, -0.15) is 11.8 Å². The van der Waals surface area contributed by atoms with Crippen LogP contribution in [-0.4, -0.2) is 59.2 Å². The largest absolute Gasteiger partial charge is 0.469 e. The molecular formula is C25H39NO4S. The Bertz CT molecular complexity index is 654. The van der Waals surface area contributed by atoms with E-state index >= 15 is 0 Å². The lowest BCUT2D eigenvalue weighted by molar-refractivity contribution is -0.140. The van der Waals surface area contributed by atoms with Crippen molar-refractivity contribution in [2.75, 3.05) is 25.2 Å². The van der Waals surface area contributed by atoms with Crippen LogP contribution >= 0.6 is 11.8 Å². The number of aliphatic hydroxyl groups is 1. The summed E-state index contributed by atoms with van der Waals surface area (Å²) in [6.45, 7) is 2.90. The van der Waals surface area contributed by atoms with Crippen molar-refractivity contribution in [1.29, 1.82) is 0 Å². The van der Waals surface area contributed by atoms with Gasteiger partial charge in [-0.25, -0.2) is 0 Å². The van der Waals surface area contributed by atoms with Crippen LogP contribution in [0.4, 0.5) is 0 Å². The van der Waals surface area contributed by atoms with Crippen LogP contribution in [-0.2, 0) is 20.7 Å². The molecule has 0 aromatic heterocycles. The molecule has 1 aromatic carbocycles. The molecule has 2 rings (SSSR count). The zero-order valence-electron chi connectivity index (χ0n) is 19.1. The van der Waals surface area contributed by atoms with E-state index < -0.39 is 0 Å². The fraction of sp³-hybridized carbons (Fsp3) is 0.680. The molecule has 1 N–H and O–H groups in total. The van der Waals surface area contributed by atoms with Gasteiger partial charge < -0.3 is 14.7 Å². The number of aryl methyl sites for hydroxylation is 1. The van der Waals surface area contributed by atoms with Gasteiger partial charge >= 0.3 is 5.97 Å². The number of rotatable bonds is 15. The number of carbonyl (C=O) groups excluding carboxylic acids is 2. The summed E-state index contributed by atoms with van der Waals surface area (Å²) >= 11 is 1.78. The fourth-order valence-corrected chi connectivity index (χ4v) is 5.08. The van der Waals surface area contributed by atoms with Crippen LogP contribution in [0.5, 0.6) is 0 Å². The van der Waals surface area contributed by atoms with E-state index in [0.717, 1.165) is 63.0 Å². The van der Waals surface area contributed by atoms with E-state index in [4.69, 9.17) is 0 Å². The smallest absolute Gasteiger partial charge is 0.305 e. The topological polar surface area (TPSA) is 66.8 Å². The predicted molar refractivity (Wildman–Crippen MR) is 127 cm³/mol. The number of hydrogen-bond donors (Lipinski definition) is 1. The van der Waals surface area contributed by atoms with Gasteiger partial charge in [0.05, 0.1) is 13.2 Å². The minimum Gasteiger partial charge on any atom is -0.469 e. The highest BCUT2D eigenvalue weighted by Gasteiger charge is 2.31. The van der Waals surface area contributed by atoms with E-state index in [-0.39, 0.29) is 29.9 Å². The number of thioether (sulfide) groups is 1. The van der Waals surface area contributed by atoms with E-state index in [1.165, 1.54) is 12.7 Å². The molecule has 6 heteroatoms. The van der Waals surface area contributed by atoms with E-state index in [1.807, 2.05) is 11.0 Å². The third-order valence-corrected chi connectivity index (χ3v) is 7.30. The van der Waals surface area contributed by atoms with Crippen LogP contribution in [0, 0.1) is 5.92 Å². The Morgan fingerprint density at radius 3 is 2.74 bits per heavy atom. The van der Waals surface area contributed by atoms with Crippen LogP contribution in [0.2, 0.25) is 0 Å². The summed E-state index contributed by atoms with van der Waals surface area (Å²) in [7, 11) is 1.41. The minimum absolute atomic E-state index is 0.164. The Morgan fingerprint density at radius 1 is 1.23 bits per heavy atom. The van der Waals surface area contributed by atoms with Crippen molar-refractivity contribution in [3.63, 3.8) is 0 Å². The van der Waals surface area contributed by atoms with Gasteiger partial charge in [0.2, 0.25) is 5.91 Å². The first-order chi connectivity index (χ1) is 15.0. The van der Waals surface area contributed by atoms with Gasteiger partial charge in [0.1, 0.15) is 0 Å². The average Bonchev–Trinajstić information content (AvgIpc) is 3.14. The van der Waals surface area contributed by atoms with Crippen molar-refractivity contribution in [1.82, 2.24) is 4.90 Å². The molecule has 1 fully saturated rings. The Hall–Kier alpha value is -1.53. The molecule has 0 radical (unpaired) electrons. The van der Waals surface area contributed by atoms with Gasteiger partial charge in [0.15, 0.2) is 0 Å². The van der Waals surface area contributed by atoms with Crippen LogP contribution in [0.25, 0.3) is 0 Å². The fourth-order valence-electron chi connectivity index (χ4n) is 4.20. The second-order valence-corrected chi connectivity index (χ2v) is 9.80. The standard InChI is InChI=1S/C25H39NO4S/c1-20(8-6-11-21-9-4-3-5-10-21)23(27)15-13-22-14-16-24(28)26(22)17-19-31-18-7-12-25(29)30-2/h3-5,9-10,20,22-23,27H,6-8,11-19H2,1-2H3/t20-,22-,23+/m0/s1. The van der Waals surface area contributed by atoms with Crippen molar-refractivity contribution < 1.29 is 19.4 Å². The SMILES string of the molecule is COC(=O)CCCSCCN1C(=O)CC[C@@H]1CC[C@@H](O)[C@@H](C)CCCc1ccccc1. The van der Waals surface area contributed by atoms with Gasteiger partial charge in [0.25, 0.3) is 0 Å². The van der Waals surface area contributed by atoms with Crippen LogP contribution < -0.4 is 0 Å². The van der Waals surface area contributed by atoms with Crippen molar-refractivity contribution >= 4 is 23.6 Å². The quantitative estimate of drug-likeness (QED) is 0.316. The number of amides is 1. The highest BCUT2D eigenvalue weighted by Crippen LogP contribution is 2.26. The zero-order chi connectivity index (χ0) is 22.5. The lowest BCUT2D eigenvalue weighted by Gasteiger charge is -2.27. The molecule has 0 spiro atoms. The predicted octanol–water partition coefficient (Wildman–Crippen LogP) is 4.46. The average molecular weight is 450 g/mol. The van der Waals surface area contributed by atoms with Gasteiger partial charge in [-0.15, -0.1) is 0 Å². The number of methoxy groups -OCH3 is 1. The summed E-state index contributed by atoms with van der Waals surface area (Å²) in [5.41, 5.74) is 1.35. The summed E-state index contributed by atoms with van der Waals surface area (Å²) in [6, 6.07) is 10.8. The summed E-state index contributed by atoms with van der Waals surface area (Å²) in [5, 5.41) is 10.6. The number of aliphatic hydroxyl groups excluding tert-OH is 1. The van der Waals surface area contributed by atoms with Crippen molar-refractivity contribution in [2.24, 2.45) is 5.92 Å². The van der Waals surface area contributed by atoms with Gasteiger partial charge in [0, 0.05) is 31.2 Å². The number of esters is 1. The summed E-state index contributed by atoms with van der Waals surface area (Å²) < 4.78 is 4.65. The first kappa shape index (κ1) is 25.7. The summed E-state index contributed by atoms with van der Waals surface area (Å²) in [6.07, 6.45) is 7.28. The number of nitrogens with zero attached hydrogens (tertiary/aromatic N) is 1. The normalized spacial score (nSPS) is 18.2. The number of benzene rings is 1. The minimum atomic E-state index is -0.305. The molecule has 31 heavy (non-hydrogen) atoms. The van der Waals surface area contributed by atoms with Crippen molar-refractivity contribution in [3.05, 3.63) is 35.9 Å². The number of likely N-dealkylation sites (tertiary alicyclic amines) is 1. The van der Waals surface area contributed by atoms with Crippen LogP contribution in [0.15, 0.2) is 30.3 Å². The molecule has 1 aliphatic rings. The summed E-state index contributed by atoms with van der Waals surface area (Å²) in [4.78, 5) is 25.4. The molecule has 3 atom stereocenters. The summed E-state index contributed by atoms with van der Waals surface area (Å²) in [5.74, 6) is 2.15. The lowest BCUT2D eigenvalue weighted by atomic mass is 9.92. The van der Waals surface area contributed by atoms with Crippen LogP contribution in [0.1, 0.15) is 63.9 Å². The maximum atomic E-state index is 12.3. The van der Waals surface area contributed by atoms with Gasteiger partial charge in [-0.05, 0) is 62.2 Å². The lowest BCUT2D eigenvalue weighted by Crippen LogP contribution is -2.35. The molecule has 1 amide bonds. The van der Waals surface area contributed by atoms with Crippen molar-refractivity contribution in [3.8, 4) is 0 Å². The van der Waals surface area contributed by atoms with Gasteiger partial charge in [-0.1, -0.05) is 37.3 Å². The first-order valence-electron chi connectivity index (χ1n) is 11.7. The molecule has 1 heterocycles. The molecule has 0 unspecified atom stereocenters. The van der Waals surface area contributed by atoms with E-state index in [9.17, 15) is 14.7 Å². The van der Waals surface area contributed by atoms with E-state index in [1.54, 1.807) is 11.8 Å². The molecule has 0 bridgehead atoms. The van der Waals surface area contributed by atoms with E-state index in [2.05, 4.69) is 35.9 Å². The first-order valence-corrected chi connectivity index (χ1v) is 12.8. The number of ether oxygens (including phenoxy) is 1. The Kier molecular flexibility index (Phi) is 12.0. The second kappa shape index (κ2) is 14.5. The molecule has 0 aliphatic carbocycles. The third-order valence-electron chi connectivity index (χ3n) is 6.25. The van der Waals surface area contributed by atoms with Crippen LogP contribution in [0.3, 0.4) is 0 Å². The number of carbonyl (C=O) groups is 2. The second-order valence-electron chi connectivity index (χ2n) is 8.57. The molecule has 1 aromatic rings. The Morgan fingerprint density at radius 2 is 2.00 bits per heavy atom. The van der Waals surface area contributed by atoms with Crippen molar-refractivity contribution in [2.45, 2.75) is 76.9 Å². The monoisotopic (exact) mass is 449 g/mol. The molecule has 0 saturated carbocycles. The molecule has 1 saturated heterocycles. The van der Waals surface area contributed by atoms with E-state index in [0.29, 0.717) is 12.8 Å². The molecule has 1 aliphatic heterocycles.